The summed E-state index contributed by atoms with van der Waals surface area (Å²) in [7, 11) is 0. The van der Waals surface area contributed by atoms with Gasteiger partial charge in [-0.1, -0.05) is 50.1 Å². The van der Waals surface area contributed by atoms with Gasteiger partial charge in [0.25, 0.3) is 0 Å². The molecule has 1 atom stereocenters. The molecule has 2 aromatic carbocycles. The highest BCUT2D eigenvalue weighted by atomic mass is 32.1. The van der Waals surface area contributed by atoms with Crippen molar-refractivity contribution in [2.45, 2.75) is 64.5 Å². The summed E-state index contributed by atoms with van der Waals surface area (Å²) in [6.07, 6.45) is 5.23. The van der Waals surface area contributed by atoms with Crippen molar-refractivity contribution in [2.24, 2.45) is 0 Å². The van der Waals surface area contributed by atoms with E-state index in [4.69, 9.17) is 0 Å². The molecule has 3 aromatic rings. The van der Waals surface area contributed by atoms with Gasteiger partial charge in [0.15, 0.2) is 5.78 Å². The van der Waals surface area contributed by atoms with Crippen molar-refractivity contribution >= 4 is 34.6 Å². The van der Waals surface area contributed by atoms with E-state index in [0.717, 1.165) is 42.5 Å². The number of amides is 2. The predicted octanol–water partition coefficient (Wildman–Crippen LogP) is 5.89. The van der Waals surface area contributed by atoms with E-state index in [2.05, 4.69) is 12.2 Å². The highest BCUT2D eigenvalue weighted by Gasteiger charge is 2.34. The monoisotopic (exact) mass is 488 g/mol. The van der Waals surface area contributed by atoms with E-state index in [0.29, 0.717) is 11.3 Å². The molecule has 0 unspecified atom stereocenters. The fourth-order valence-corrected chi connectivity index (χ4v) is 5.34. The van der Waals surface area contributed by atoms with Crippen LogP contribution in [0.2, 0.25) is 0 Å². The smallest absolute Gasteiger partial charge is 0.248 e. The number of hydrogen-bond acceptors (Lipinski definition) is 4. The Bertz CT molecular complexity index is 1150. The van der Waals surface area contributed by atoms with Crippen LogP contribution >= 0.6 is 11.3 Å². The lowest BCUT2D eigenvalue weighted by Gasteiger charge is -2.32. The van der Waals surface area contributed by atoms with E-state index in [1.165, 1.54) is 23.8 Å². The Kier molecular flexibility index (Phi) is 8.13. The molecule has 1 fully saturated rings. The highest BCUT2D eigenvalue weighted by molar-refractivity contribution is 7.10. The van der Waals surface area contributed by atoms with Crippen LogP contribution in [0.15, 0.2) is 66.0 Å². The number of carbonyl (C=O) groups excluding carboxylic acids is 3. The fourth-order valence-electron chi connectivity index (χ4n) is 4.64. The molecule has 0 radical (unpaired) electrons. The minimum atomic E-state index is -0.808. The lowest BCUT2D eigenvalue weighted by molar-refractivity contribution is -0.127. The molecule has 2 amide bonds. The molecule has 6 heteroatoms. The molecule has 35 heavy (non-hydrogen) atoms. The third-order valence-corrected chi connectivity index (χ3v) is 7.51. The van der Waals surface area contributed by atoms with Gasteiger partial charge in [0, 0.05) is 22.2 Å². The average Bonchev–Trinajstić information content (AvgIpc) is 3.57. The maximum absolute atomic E-state index is 13.8. The summed E-state index contributed by atoms with van der Waals surface area (Å²) in [5.74, 6) is -0.371. The quantitative estimate of drug-likeness (QED) is 0.382. The molecule has 182 valence electrons. The molecule has 0 aliphatic heterocycles. The third-order valence-electron chi connectivity index (χ3n) is 6.64. The molecule has 0 bridgehead atoms. The molecule has 0 spiro atoms. The van der Waals surface area contributed by atoms with Crippen LogP contribution < -0.4 is 10.2 Å². The first-order valence-corrected chi connectivity index (χ1v) is 13.2. The third kappa shape index (κ3) is 6.06. The number of Topliss-reactive ketones (excluding diaryl/α,β-unsaturated/α-hetero) is 1. The summed E-state index contributed by atoms with van der Waals surface area (Å²) in [5.41, 5.74) is 3.11. The van der Waals surface area contributed by atoms with E-state index in [-0.39, 0.29) is 30.1 Å². The van der Waals surface area contributed by atoms with Gasteiger partial charge < -0.3 is 5.32 Å². The van der Waals surface area contributed by atoms with Crippen LogP contribution in [0.5, 0.6) is 0 Å². The lowest BCUT2D eigenvalue weighted by Crippen LogP contribution is -2.46. The summed E-state index contributed by atoms with van der Waals surface area (Å²) in [6.45, 7) is 3.61. The van der Waals surface area contributed by atoms with Gasteiger partial charge in [-0.3, -0.25) is 19.3 Å². The molecule has 1 heterocycles. The average molecular weight is 489 g/mol. The second kappa shape index (κ2) is 11.5. The van der Waals surface area contributed by atoms with Crippen LogP contribution in [0.1, 0.15) is 71.9 Å². The molecule has 4 rings (SSSR count). The Morgan fingerprint density at radius 1 is 1.00 bits per heavy atom. The SMILES string of the molecule is CCc1ccc([C@H](C(=O)NC2CCCC2)N(C(=O)Cc2cccs2)c2ccc(C(C)=O)cc2)cc1. The first kappa shape index (κ1) is 24.9. The second-order valence-electron chi connectivity index (χ2n) is 9.11. The van der Waals surface area contributed by atoms with Gasteiger partial charge in [-0.25, -0.2) is 0 Å². The number of nitrogens with one attached hydrogen (secondary N) is 1. The number of thiophene rings is 1. The van der Waals surface area contributed by atoms with Crippen LogP contribution in [-0.4, -0.2) is 23.6 Å². The maximum Gasteiger partial charge on any atom is 0.248 e. The van der Waals surface area contributed by atoms with Gasteiger partial charge in [-0.05, 0) is 73.0 Å². The van der Waals surface area contributed by atoms with Gasteiger partial charge in [0.2, 0.25) is 11.8 Å². The number of aryl methyl sites for hydroxylation is 1. The van der Waals surface area contributed by atoms with Gasteiger partial charge in [-0.2, -0.15) is 0 Å². The Morgan fingerprint density at radius 3 is 2.26 bits per heavy atom. The number of hydrogen-bond donors (Lipinski definition) is 1. The minimum absolute atomic E-state index is 0.0429. The van der Waals surface area contributed by atoms with Crippen LogP contribution in [-0.2, 0) is 22.4 Å². The Hall–Kier alpha value is -3.25. The van der Waals surface area contributed by atoms with Gasteiger partial charge >= 0.3 is 0 Å². The Labute approximate surface area is 211 Å². The summed E-state index contributed by atoms with van der Waals surface area (Å²) in [5, 5.41) is 5.16. The number of rotatable bonds is 9. The van der Waals surface area contributed by atoms with E-state index in [1.54, 1.807) is 29.2 Å². The summed E-state index contributed by atoms with van der Waals surface area (Å²) < 4.78 is 0. The van der Waals surface area contributed by atoms with E-state index in [1.807, 2.05) is 41.8 Å². The molecule has 1 N–H and O–H groups in total. The van der Waals surface area contributed by atoms with Crippen LogP contribution in [0.3, 0.4) is 0 Å². The molecule has 1 aromatic heterocycles. The highest BCUT2D eigenvalue weighted by Crippen LogP contribution is 2.31. The molecule has 5 nitrogen and oxygen atoms in total. The van der Waals surface area contributed by atoms with E-state index in [9.17, 15) is 14.4 Å². The molecular weight excluding hydrogens is 456 g/mol. The van der Waals surface area contributed by atoms with Gasteiger partial charge in [-0.15, -0.1) is 11.3 Å². The normalized spacial score (nSPS) is 14.5. The van der Waals surface area contributed by atoms with Crippen LogP contribution in [0.4, 0.5) is 5.69 Å². The number of benzene rings is 2. The van der Waals surface area contributed by atoms with Gasteiger partial charge in [0.05, 0.1) is 6.42 Å². The van der Waals surface area contributed by atoms with Crippen LogP contribution in [0.25, 0.3) is 0 Å². The van der Waals surface area contributed by atoms with E-state index >= 15 is 0 Å². The standard InChI is InChI=1S/C29H32N2O3S/c1-3-21-10-12-23(13-11-21)28(29(34)30-24-7-4-5-8-24)31(27(33)19-26-9-6-18-35-26)25-16-14-22(15-17-25)20(2)32/h6,9-18,24,28H,3-5,7-8,19H2,1-2H3,(H,30,34)/t28-/m1/s1. The van der Waals surface area contributed by atoms with Crippen molar-refractivity contribution in [3.63, 3.8) is 0 Å². The molecule has 0 saturated heterocycles. The number of carbonyl (C=O) groups is 3. The number of ketones is 1. The van der Waals surface area contributed by atoms with Crippen molar-refractivity contribution in [1.82, 2.24) is 5.32 Å². The summed E-state index contributed by atoms with van der Waals surface area (Å²) in [6, 6.07) is 18.1. The fraction of sp³-hybridized carbons (Fsp3) is 0.345. The molecule has 1 aliphatic carbocycles. The molecule has 1 saturated carbocycles. The molecule has 1 aliphatic rings. The molecular formula is C29H32N2O3S. The zero-order valence-electron chi connectivity index (χ0n) is 20.3. The second-order valence-corrected chi connectivity index (χ2v) is 10.1. The van der Waals surface area contributed by atoms with Crippen molar-refractivity contribution < 1.29 is 14.4 Å². The lowest BCUT2D eigenvalue weighted by atomic mass is 9.99. The van der Waals surface area contributed by atoms with Crippen molar-refractivity contribution in [1.29, 1.82) is 0 Å². The zero-order valence-corrected chi connectivity index (χ0v) is 21.1. The van der Waals surface area contributed by atoms with Crippen molar-refractivity contribution in [2.75, 3.05) is 4.90 Å². The topological polar surface area (TPSA) is 66.5 Å². The van der Waals surface area contributed by atoms with Crippen molar-refractivity contribution in [3.05, 3.63) is 87.6 Å². The zero-order chi connectivity index (χ0) is 24.8. The first-order valence-electron chi connectivity index (χ1n) is 12.3. The van der Waals surface area contributed by atoms with E-state index < -0.39 is 6.04 Å². The first-order chi connectivity index (χ1) is 17.0. The summed E-state index contributed by atoms with van der Waals surface area (Å²) >= 11 is 1.52. The Balaban J connectivity index is 1.76. The largest absolute Gasteiger partial charge is 0.351 e. The maximum atomic E-state index is 13.8. The van der Waals surface area contributed by atoms with Gasteiger partial charge in [0.1, 0.15) is 6.04 Å². The minimum Gasteiger partial charge on any atom is -0.351 e. The Morgan fingerprint density at radius 2 is 1.69 bits per heavy atom. The number of anilines is 1. The summed E-state index contributed by atoms with van der Waals surface area (Å²) in [4.78, 5) is 42.0. The van der Waals surface area contributed by atoms with Crippen LogP contribution in [0, 0.1) is 0 Å². The van der Waals surface area contributed by atoms with Crippen molar-refractivity contribution in [3.8, 4) is 0 Å². The predicted molar refractivity (Wildman–Crippen MR) is 141 cm³/mol. The number of nitrogens with zero attached hydrogens (tertiary/aromatic N) is 1.